The molecule has 3 unspecified atom stereocenters. The van der Waals surface area contributed by atoms with Crippen LogP contribution in [0.1, 0.15) is 73.1 Å². The molecule has 0 aromatic carbocycles. The second-order valence-electron chi connectivity index (χ2n) is 7.70. The third kappa shape index (κ3) is 5.55. The minimum atomic E-state index is -2.98. The summed E-state index contributed by atoms with van der Waals surface area (Å²) in [6.45, 7) is 11.8. The zero-order valence-electron chi connectivity index (χ0n) is 14.6. The van der Waals surface area contributed by atoms with E-state index in [0.717, 1.165) is 45.1 Å². The van der Waals surface area contributed by atoms with E-state index in [4.69, 9.17) is 0 Å². The number of rotatable bonds is 7. The van der Waals surface area contributed by atoms with Gasteiger partial charge in [0.15, 0.2) is 9.84 Å². The van der Waals surface area contributed by atoms with E-state index in [9.17, 15) is 8.42 Å². The monoisotopic (exact) mass is 317 g/mol. The van der Waals surface area contributed by atoms with Gasteiger partial charge in [-0.25, -0.2) is 8.42 Å². The summed E-state index contributed by atoms with van der Waals surface area (Å²) >= 11 is 0. The highest BCUT2D eigenvalue weighted by Crippen LogP contribution is 2.40. The van der Waals surface area contributed by atoms with Crippen LogP contribution in [-0.4, -0.2) is 32.0 Å². The van der Waals surface area contributed by atoms with Crippen molar-refractivity contribution in [1.82, 2.24) is 5.32 Å². The Morgan fingerprint density at radius 1 is 1.10 bits per heavy atom. The highest BCUT2D eigenvalue weighted by atomic mass is 32.2. The maximum Gasteiger partial charge on any atom is 0.154 e. The smallest absolute Gasteiger partial charge is 0.154 e. The van der Waals surface area contributed by atoms with Crippen LogP contribution in [0.4, 0.5) is 0 Å². The summed E-state index contributed by atoms with van der Waals surface area (Å²) in [6.07, 6.45) is 5.77. The molecule has 1 N–H and O–H groups in total. The zero-order chi connectivity index (χ0) is 16.1. The van der Waals surface area contributed by atoms with Crippen LogP contribution in [-0.2, 0) is 9.84 Å². The molecule has 1 aliphatic carbocycles. The van der Waals surface area contributed by atoms with Gasteiger partial charge in [0.25, 0.3) is 0 Å². The Hall–Kier alpha value is -0.0900. The first-order valence-electron chi connectivity index (χ1n) is 8.67. The van der Waals surface area contributed by atoms with Crippen molar-refractivity contribution in [1.29, 1.82) is 0 Å². The first-order valence-corrected chi connectivity index (χ1v) is 10.4. The van der Waals surface area contributed by atoms with E-state index in [-0.39, 0.29) is 16.7 Å². The van der Waals surface area contributed by atoms with Crippen molar-refractivity contribution in [2.24, 2.45) is 11.3 Å². The second-order valence-corrected chi connectivity index (χ2v) is 10.0. The molecule has 0 radical (unpaired) electrons. The Morgan fingerprint density at radius 3 is 2.29 bits per heavy atom. The molecule has 126 valence electrons. The Labute approximate surface area is 132 Å². The summed E-state index contributed by atoms with van der Waals surface area (Å²) in [4.78, 5) is 0. The lowest BCUT2D eigenvalue weighted by Crippen LogP contribution is -2.50. The summed E-state index contributed by atoms with van der Waals surface area (Å²) in [5.41, 5.74) is 0.203. The largest absolute Gasteiger partial charge is 0.313 e. The fourth-order valence-corrected chi connectivity index (χ4v) is 5.62. The van der Waals surface area contributed by atoms with Gasteiger partial charge in [0.05, 0.1) is 11.0 Å². The summed E-state index contributed by atoms with van der Waals surface area (Å²) in [7, 11) is -2.98. The Morgan fingerprint density at radius 2 is 1.76 bits per heavy atom. The van der Waals surface area contributed by atoms with Gasteiger partial charge >= 0.3 is 0 Å². The highest BCUT2D eigenvalue weighted by Gasteiger charge is 2.41. The Bertz CT molecular complexity index is 398. The molecule has 0 aromatic rings. The molecule has 0 aromatic heterocycles. The van der Waals surface area contributed by atoms with Crippen LogP contribution in [0.25, 0.3) is 0 Å². The van der Waals surface area contributed by atoms with Crippen LogP contribution >= 0.6 is 0 Å². The molecule has 21 heavy (non-hydrogen) atoms. The van der Waals surface area contributed by atoms with Gasteiger partial charge in [-0.2, -0.15) is 0 Å². The van der Waals surface area contributed by atoms with E-state index in [1.807, 2.05) is 0 Å². The van der Waals surface area contributed by atoms with Gasteiger partial charge in [0.1, 0.15) is 0 Å². The van der Waals surface area contributed by atoms with Crippen LogP contribution < -0.4 is 5.32 Å². The molecule has 0 heterocycles. The van der Waals surface area contributed by atoms with E-state index in [1.54, 1.807) is 0 Å². The first-order chi connectivity index (χ1) is 9.72. The van der Waals surface area contributed by atoms with E-state index in [2.05, 4.69) is 39.9 Å². The molecule has 3 atom stereocenters. The molecular weight excluding hydrogens is 282 g/mol. The average Bonchev–Trinajstić information content (AvgIpc) is 2.41. The third-order valence-electron chi connectivity index (χ3n) is 4.92. The number of nitrogens with one attached hydrogen (secondary N) is 1. The summed E-state index contributed by atoms with van der Waals surface area (Å²) in [6, 6.07) is 0.158. The van der Waals surface area contributed by atoms with Gasteiger partial charge in [-0.3, -0.25) is 0 Å². The summed E-state index contributed by atoms with van der Waals surface area (Å²) in [5.74, 6) is 0.869. The number of unbranched alkanes of at least 4 members (excludes halogenated alkanes) is 1. The minimum absolute atomic E-state index is 0.158. The maximum absolute atomic E-state index is 12.8. The van der Waals surface area contributed by atoms with Crippen molar-refractivity contribution in [3.8, 4) is 0 Å². The van der Waals surface area contributed by atoms with Gasteiger partial charge < -0.3 is 5.32 Å². The standard InChI is InChI=1S/C17H35NO2S/c1-6-8-12-21(19,20)16-13-14(17(3,4)5)9-10-15(16)18-11-7-2/h14-16,18H,6-13H2,1-5H3. The van der Waals surface area contributed by atoms with Gasteiger partial charge in [-0.05, 0) is 50.0 Å². The van der Waals surface area contributed by atoms with Crippen molar-refractivity contribution < 1.29 is 8.42 Å². The number of sulfone groups is 1. The fourth-order valence-electron chi connectivity index (χ4n) is 3.37. The Balaban J connectivity index is 2.87. The fraction of sp³-hybridized carbons (Fsp3) is 1.00. The first kappa shape index (κ1) is 19.0. The zero-order valence-corrected chi connectivity index (χ0v) is 15.4. The molecule has 1 aliphatic rings. The maximum atomic E-state index is 12.8. The quantitative estimate of drug-likeness (QED) is 0.777. The predicted molar refractivity (Wildman–Crippen MR) is 91.4 cm³/mol. The molecule has 1 saturated carbocycles. The Kier molecular flexibility index (Phi) is 7.18. The van der Waals surface area contributed by atoms with Crippen molar-refractivity contribution in [3.63, 3.8) is 0 Å². The van der Waals surface area contributed by atoms with Gasteiger partial charge in [0.2, 0.25) is 0 Å². The average molecular weight is 318 g/mol. The molecular formula is C17H35NO2S. The SMILES string of the molecule is CCCCS(=O)(=O)C1CC(C(C)(C)C)CCC1NCCC. The molecule has 1 rings (SSSR count). The van der Waals surface area contributed by atoms with Gasteiger partial charge in [-0.15, -0.1) is 0 Å². The van der Waals surface area contributed by atoms with Crippen LogP contribution in [0.2, 0.25) is 0 Å². The van der Waals surface area contributed by atoms with Crippen LogP contribution in [0.15, 0.2) is 0 Å². The molecule has 1 fully saturated rings. The van der Waals surface area contributed by atoms with Gasteiger partial charge in [0, 0.05) is 6.04 Å². The number of hydrogen-bond donors (Lipinski definition) is 1. The molecule has 0 bridgehead atoms. The molecule has 3 nitrogen and oxygen atoms in total. The summed E-state index contributed by atoms with van der Waals surface area (Å²) in [5, 5.41) is 3.31. The molecule has 0 spiro atoms. The van der Waals surface area contributed by atoms with Crippen molar-refractivity contribution in [2.45, 2.75) is 84.4 Å². The van der Waals surface area contributed by atoms with Crippen LogP contribution in [0.3, 0.4) is 0 Å². The third-order valence-corrected chi connectivity index (χ3v) is 7.22. The molecule has 0 amide bonds. The van der Waals surface area contributed by atoms with E-state index in [0.29, 0.717) is 11.7 Å². The molecule has 0 aliphatic heterocycles. The lowest BCUT2D eigenvalue weighted by atomic mass is 9.71. The van der Waals surface area contributed by atoms with Crippen LogP contribution in [0.5, 0.6) is 0 Å². The van der Waals surface area contributed by atoms with Crippen molar-refractivity contribution in [3.05, 3.63) is 0 Å². The van der Waals surface area contributed by atoms with E-state index < -0.39 is 9.84 Å². The minimum Gasteiger partial charge on any atom is -0.313 e. The lowest BCUT2D eigenvalue weighted by Gasteiger charge is -2.41. The van der Waals surface area contributed by atoms with E-state index >= 15 is 0 Å². The molecule has 4 heteroatoms. The van der Waals surface area contributed by atoms with Crippen molar-refractivity contribution >= 4 is 9.84 Å². The predicted octanol–water partition coefficient (Wildman–Crippen LogP) is 3.78. The summed E-state index contributed by atoms with van der Waals surface area (Å²) < 4.78 is 25.5. The normalized spacial score (nSPS) is 27.8. The van der Waals surface area contributed by atoms with Crippen LogP contribution in [0, 0.1) is 11.3 Å². The van der Waals surface area contributed by atoms with E-state index in [1.165, 1.54) is 0 Å². The topological polar surface area (TPSA) is 46.2 Å². The number of hydrogen-bond acceptors (Lipinski definition) is 3. The second kappa shape index (κ2) is 7.96. The highest BCUT2D eigenvalue weighted by molar-refractivity contribution is 7.92. The van der Waals surface area contributed by atoms with Gasteiger partial charge in [-0.1, -0.05) is 41.0 Å². The lowest BCUT2D eigenvalue weighted by molar-refractivity contribution is 0.162. The molecule has 0 saturated heterocycles. The van der Waals surface area contributed by atoms with Crippen molar-refractivity contribution in [2.75, 3.05) is 12.3 Å².